The van der Waals surface area contributed by atoms with Gasteiger partial charge in [0.05, 0.1) is 42.7 Å². The zero-order valence-corrected chi connectivity index (χ0v) is 21.8. The monoisotopic (exact) mass is 510 g/mol. The van der Waals surface area contributed by atoms with E-state index >= 15 is 0 Å². The van der Waals surface area contributed by atoms with Crippen LogP contribution in [0.3, 0.4) is 0 Å². The lowest BCUT2D eigenvalue weighted by atomic mass is 9.95. The number of methoxy groups -OCH3 is 2. The third-order valence-electron chi connectivity index (χ3n) is 5.65. The van der Waals surface area contributed by atoms with Crippen LogP contribution in [-0.2, 0) is 9.53 Å². The summed E-state index contributed by atoms with van der Waals surface area (Å²) in [7, 11) is 3.10. The van der Waals surface area contributed by atoms with Crippen molar-refractivity contribution in [2.45, 2.75) is 24.8 Å². The maximum absolute atomic E-state index is 13.7. The van der Waals surface area contributed by atoms with Crippen molar-refractivity contribution in [1.29, 1.82) is 0 Å². The molecule has 2 aromatic carbocycles. The first kappa shape index (κ1) is 24.8. The van der Waals surface area contributed by atoms with E-state index < -0.39 is 12.0 Å². The predicted molar refractivity (Wildman–Crippen MR) is 138 cm³/mol. The second-order valence-corrected chi connectivity index (χ2v) is 9.58. The van der Waals surface area contributed by atoms with E-state index in [9.17, 15) is 9.59 Å². The minimum atomic E-state index is -0.717. The lowest BCUT2D eigenvalue weighted by Crippen LogP contribution is -2.39. The molecule has 0 saturated heterocycles. The fourth-order valence-corrected chi connectivity index (χ4v) is 5.44. The maximum Gasteiger partial charge on any atom is 0.338 e. The van der Waals surface area contributed by atoms with Gasteiger partial charge in [-0.2, -0.15) is 0 Å². The van der Waals surface area contributed by atoms with Crippen LogP contribution in [0.1, 0.15) is 31.0 Å². The number of aromatic nitrogens is 1. The molecule has 1 aromatic heterocycles. The normalized spacial score (nSPS) is 15.5. The molecule has 0 fully saturated rings. The molecular formula is C26H26N2O5S2. The molecule has 9 heteroatoms. The summed E-state index contributed by atoms with van der Waals surface area (Å²) in [6.45, 7) is 3.72. The number of nitrogens with zero attached hydrogens (tertiary/aromatic N) is 2. The van der Waals surface area contributed by atoms with Crippen LogP contribution in [0.2, 0.25) is 0 Å². The highest BCUT2D eigenvalue weighted by atomic mass is 32.2. The fourth-order valence-electron chi connectivity index (χ4n) is 3.98. The van der Waals surface area contributed by atoms with E-state index in [4.69, 9.17) is 14.2 Å². The Morgan fingerprint density at radius 2 is 1.86 bits per heavy atom. The van der Waals surface area contributed by atoms with Crippen molar-refractivity contribution in [3.05, 3.63) is 84.5 Å². The number of hydrogen-bond acceptors (Lipinski definition) is 8. The van der Waals surface area contributed by atoms with E-state index in [0.717, 1.165) is 10.5 Å². The van der Waals surface area contributed by atoms with Gasteiger partial charge in [-0.1, -0.05) is 29.5 Å². The summed E-state index contributed by atoms with van der Waals surface area (Å²) >= 11 is 2.95. The summed E-state index contributed by atoms with van der Waals surface area (Å²) in [5.41, 5.74) is 2.22. The SMILES string of the molecule is CCOC(=O)C1=C(C)N=c2sc(=Cc3ccc(SC)cc3)c(=O)n2C1c1ccc(OC)c(OC)c1. The Labute approximate surface area is 211 Å². The second-order valence-electron chi connectivity index (χ2n) is 7.69. The number of thiazole rings is 1. The number of thioether (sulfide) groups is 1. The van der Waals surface area contributed by atoms with Gasteiger partial charge in [-0.25, -0.2) is 9.79 Å². The van der Waals surface area contributed by atoms with Gasteiger partial charge in [0.15, 0.2) is 16.3 Å². The van der Waals surface area contributed by atoms with Crippen molar-refractivity contribution >= 4 is 35.1 Å². The highest BCUT2D eigenvalue weighted by Crippen LogP contribution is 2.36. The average molecular weight is 511 g/mol. The minimum absolute atomic E-state index is 0.213. The number of hydrogen-bond donors (Lipinski definition) is 0. The van der Waals surface area contributed by atoms with E-state index in [1.165, 1.54) is 11.3 Å². The maximum atomic E-state index is 13.7. The number of esters is 1. The van der Waals surface area contributed by atoms with Crippen molar-refractivity contribution < 1.29 is 19.0 Å². The third kappa shape index (κ3) is 4.78. The van der Waals surface area contributed by atoms with Crippen LogP contribution in [0.25, 0.3) is 6.08 Å². The molecule has 182 valence electrons. The Morgan fingerprint density at radius 3 is 2.49 bits per heavy atom. The summed E-state index contributed by atoms with van der Waals surface area (Å²) in [4.78, 5) is 33.0. The van der Waals surface area contributed by atoms with Gasteiger partial charge in [0.25, 0.3) is 5.56 Å². The molecule has 3 aromatic rings. The molecule has 0 radical (unpaired) electrons. The highest BCUT2D eigenvalue weighted by Gasteiger charge is 2.33. The summed E-state index contributed by atoms with van der Waals surface area (Å²) in [6, 6.07) is 12.6. The van der Waals surface area contributed by atoms with Gasteiger partial charge in [0.2, 0.25) is 0 Å². The van der Waals surface area contributed by atoms with Gasteiger partial charge in [-0.05, 0) is 61.6 Å². The van der Waals surface area contributed by atoms with E-state index in [1.807, 2.05) is 42.7 Å². The van der Waals surface area contributed by atoms with E-state index in [0.29, 0.717) is 37.7 Å². The lowest BCUT2D eigenvalue weighted by molar-refractivity contribution is -0.139. The lowest BCUT2D eigenvalue weighted by Gasteiger charge is -2.25. The summed E-state index contributed by atoms with van der Waals surface area (Å²) in [6.07, 6.45) is 3.87. The number of allylic oxidation sites excluding steroid dienone is 1. The van der Waals surface area contributed by atoms with Crippen LogP contribution in [0.5, 0.6) is 11.5 Å². The van der Waals surface area contributed by atoms with Crippen molar-refractivity contribution in [1.82, 2.24) is 4.57 Å². The van der Waals surface area contributed by atoms with E-state index in [1.54, 1.807) is 56.5 Å². The molecule has 7 nitrogen and oxygen atoms in total. The van der Waals surface area contributed by atoms with Crippen molar-refractivity contribution in [2.24, 2.45) is 4.99 Å². The van der Waals surface area contributed by atoms with Gasteiger partial charge in [-0.3, -0.25) is 9.36 Å². The Balaban J connectivity index is 1.94. The van der Waals surface area contributed by atoms with Crippen LogP contribution in [0, 0.1) is 0 Å². The van der Waals surface area contributed by atoms with Crippen LogP contribution < -0.4 is 24.4 Å². The number of benzene rings is 2. The van der Waals surface area contributed by atoms with Gasteiger partial charge in [-0.15, -0.1) is 11.8 Å². The van der Waals surface area contributed by atoms with E-state index in [-0.39, 0.29) is 12.2 Å². The number of rotatable bonds is 7. The standard InChI is InChI=1S/C26H26N2O5S2/c1-6-33-25(30)22-15(2)27-26-28(23(22)17-9-12-19(31-3)20(14-17)32-4)24(29)21(35-26)13-16-7-10-18(34-5)11-8-16/h7-14,23H,6H2,1-5H3. The molecular weight excluding hydrogens is 484 g/mol. The first-order valence-corrected chi connectivity index (χ1v) is 13.0. The molecule has 0 amide bonds. The summed E-state index contributed by atoms with van der Waals surface area (Å²) < 4.78 is 18.3. The van der Waals surface area contributed by atoms with Crippen molar-refractivity contribution in [3.8, 4) is 11.5 Å². The minimum Gasteiger partial charge on any atom is -0.493 e. The van der Waals surface area contributed by atoms with Gasteiger partial charge in [0, 0.05) is 4.90 Å². The molecule has 0 N–H and O–H groups in total. The molecule has 4 rings (SSSR count). The number of ether oxygens (including phenoxy) is 3. The molecule has 0 aliphatic carbocycles. The van der Waals surface area contributed by atoms with Gasteiger partial charge < -0.3 is 14.2 Å². The van der Waals surface area contributed by atoms with Crippen LogP contribution in [0.15, 0.2) is 68.4 Å². The number of carbonyl (C=O) groups is 1. The molecule has 1 aliphatic heterocycles. The van der Waals surface area contributed by atoms with E-state index in [2.05, 4.69) is 4.99 Å². The molecule has 35 heavy (non-hydrogen) atoms. The zero-order valence-electron chi connectivity index (χ0n) is 20.2. The molecule has 0 spiro atoms. The van der Waals surface area contributed by atoms with Crippen LogP contribution >= 0.6 is 23.1 Å². The Morgan fingerprint density at radius 1 is 1.14 bits per heavy atom. The molecule has 2 heterocycles. The second kappa shape index (κ2) is 10.5. The summed E-state index contributed by atoms with van der Waals surface area (Å²) in [5, 5.41) is 0. The Hall–Kier alpha value is -3.30. The number of carbonyl (C=O) groups excluding carboxylic acids is 1. The van der Waals surface area contributed by atoms with Crippen molar-refractivity contribution in [3.63, 3.8) is 0 Å². The molecule has 1 aliphatic rings. The Kier molecular flexibility index (Phi) is 7.47. The van der Waals surface area contributed by atoms with Gasteiger partial charge in [0.1, 0.15) is 0 Å². The molecule has 0 saturated carbocycles. The number of fused-ring (bicyclic) bond motifs is 1. The molecule has 1 unspecified atom stereocenters. The summed E-state index contributed by atoms with van der Waals surface area (Å²) in [5.74, 6) is 0.546. The fraction of sp³-hybridized carbons (Fsp3) is 0.269. The quantitative estimate of drug-likeness (QED) is 0.357. The first-order chi connectivity index (χ1) is 16.9. The van der Waals surface area contributed by atoms with Gasteiger partial charge >= 0.3 is 5.97 Å². The van der Waals surface area contributed by atoms with Crippen LogP contribution in [-0.4, -0.2) is 37.6 Å². The highest BCUT2D eigenvalue weighted by molar-refractivity contribution is 7.98. The third-order valence-corrected chi connectivity index (χ3v) is 7.38. The topological polar surface area (TPSA) is 79.1 Å². The average Bonchev–Trinajstić information content (AvgIpc) is 3.17. The molecule has 0 bridgehead atoms. The Bertz CT molecular complexity index is 1470. The smallest absolute Gasteiger partial charge is 0.338 e. The van der Waals surface area contributed by atoms with Crippen LogP contribution in [0.4, 0.5) is 0 Å². The molecule has 1 atom stereocenters. The van der Waals surface area contributed by atoms with Crippen molar-refractivity contribution in [2.75, 3.05) is 27.1 Å². The predicted octanol–water partition coefficient (Wildman–Crippen LogP) is 3.54. The largest absolute Gasteiger partial charge is 0.493 e. The first-order valence-electron chi connectivity index (χ1n) is 11.0. The zero-order chi connectivity index (χ0) is 25.1.